The summed E-state index contributed by atoms with van der Waals surface area (Å²) in [6.45, 7) is 4.87. The normalized spacial score (nSPS) is 11.5. The second kappa shape index (κ2) is 5.19. The van der Waals surface area contributed by atoms with Gasteiger partial charge >= 0.3 is 0 Å². The predicted molar refractivity (Wildman–Crippen MR) is 68.5 cm³/mol. The SMILES string of the molecule is CC(C)(CO)CNc1ccc(Br)c(Cl)c1. The maximum atomic E-state index is 9.10. The van der Waals surface area contributed by atoms with Crippen LogP contribution in [0, 0.1) is 5.41 Å². The molecule has 2 nitrogen and oxygen atoms in total. The van der Waals surface area contributed by atoms with Crippen LogP contribution < -0.4 is 5.32 Å². The van der Waals surface area contributed by atoms with Gasteiger partial charge in [0, 0.05) is 28.7 Å². The molecule has 1 aromatic rings. The molecule has 0 radical (unpaired) electrons. The van der Waals surface area contributed by atoms with Gasteiger partial charge in [0.2, 0.25) is 0 Å². The lowest BCUT2D eigenvalue weighted by atomic mass is 9.95. The Kier molecular flexibility index (Phi) is 4.44. The number of aliphatic hydroxyl groups excluding tert-OH is 1. The van der Waals surface area contributed by atoms with E-state index in [4.69, 9.17) is 16.7 Å². The van der Waals surface area contributed by atoms with E-state index >= 15 is 0 Å². The highest BCUT2D eigenvalue weighted by Crippen LogP contribution is 2.26. The molecule has 0 aliphatic rings. The summed E-state index contributed by atoms with van der Waals surface area (Å²) in [5.74, 6) is 0. The highest BCUT2D eigenvalue weighted by Gasteiger charge is 2.15. The molecular weight excluding hydrogens is 277 g/mol. The molecule has 0 bridgehead atoms. The Morgan fingerprint density at radius 3 is 2.67 bits per heavy atom. The molecule has 2 N–H and O–H groups in total. The van der Waals surface area contributed by atoms with Gasteiger partial charge in [-0.05, 0) is 34.1 Å². The van der Waals surface area contributed by atoms with Crippen molar-refractivity contribution in [3.8, 4) is 0 Å². The third-order valence-corrected chi connectivity index (χ3v) is 3.35. The van der Waals surface area contributed by atoms with Gasteiger partial charge in [0.25, 0.3) is 0 Å². The van der Waals surface area contributed by atoms with Gasteiger partial charge in [-0.1, -0.05) is 25.4 Å². The van der Waals surface area contributed by atoms with Crippen molar-refractivity contribution in [3.05, 3.63) is 27.7 Å². The molecule has 0 saturated heterocycles. The first-order chi connectivity index (χ1) is 6.94. The predicted octanol–water partition coefficient (Wildman–Crippen LogP) is 3.53. The van der Waals surface area contributed by atoms with Crippen molar-refractivity contribution in [2.45, 2.75) is 13.8 Å². The number of nitrogens with one attached hydrogen (secondary N) is 1. The van der Waals surface area contributed by atoms with E-state index in [1.807, 2.05) is 32.0 Å². The number of hydrogen-bond donors (Lipinski definition) is 2. The molecule has 1 aromatic carbocycles. The smallest absolute Gasteiger partial charge is 0.0568 e. The first-order valence-corrected chi connectivity index (χ1v) is 5.91. The van der Waals surface area contributed by atoms with Crippen LogP contribution in [-0.2, 0) is 0 Å². The van der Waals surface area contributed by atoms with Crippen LogP contribution in [0.1, 0.15) is 13.8 Å². The van der Waals surface area contributed by atoms with Gasteiger partial charge in [-0.3, -0.25) is 0 Å². The maximum absolute atomic E-state index is 9.10. The monoisotopic (exact) mass is 291 g/mol. The molecule has 1 rings (SSSR count). The zero-order chi connectivity index (χ0) is 11.5. The molecule has 0 aromatic heterocycles. The summed E-state index contributed by atoms with van der Waals surface area (Å²) in [5, 5.41) is 13.0. The van der Waals surface area contributed by atoms with Gasteiger partial charge in [-0.25, -0.2) is 0 Å². The van der Waals surface area contributed by atoms with Crippen molar-refractivity contribution < 1.29 is 5.11 Å². The Hall–Kier alpha value is -0.250. The Morgan fingerprint density at radius 2 is 2.13 bits per heavy atom. The largest absolute Gasteiger partial charge is 0.396 e. The first kappa shape index (κ1) is 12.8. The average Bonchev–Trinajstić information content (AvgIpc) is 2.20. The van der Waals surface area contributed by atoms with Gasteiger partial charge < -0.3 is 10.4 Å². The van der Waals surface area contributed by atoms with E-state index in [-0.39, 0.29) is 12.0 Å². The fourth-order valence-electron chi connectivity index (χ4n) is 1.00. The molecule has 0 unspecified atom stereocenters. The molecule has 0 spiro atoms. The lowest BCUT2D eigenvalue weighted by Gasteiger charge is -2.22. The molecule has 0 heterocycles. The van der Waals surface area contributed by atoms with E-state index in [1.165, 1.54) is 0 Å². The second-order valence-electron chi connectivity index (χ2n) is 4.30. The number of hydrogen-bond acceptors (Lipinski definition) is 2. The van der Waals surface area contributed by atoms with Crippen molar-refractivity contribution in [1.29, 1.82) is 0 Å². The third kappa shape index (κ3) is 4.01. The van der Waals surface area contributed by atoms with Gasteiger partial charge in [-0.2, -0.15) is 0 Å². The summed E-state index contributed by atoms with van der Waals surface area (Å²) >= 11 is 9.30. The summed E-state index contributed by atoms with van der Waals surface area (Å²) in [6.07, 6.45) is 0. The van der Waals surface area contributed by atoms with E-state index in [0.29, 0.717) is 11.6 Å². The van der Waals surface area contributed by atoms with Crippen LogP contribution in [0.4, 0.5) is 5.69 Å². The third-order valence-electron chi connectivity index (χ3n) is 2.12. The quantitative estimate of drug-likeness (QED) is 0.890. The zero-order valence-corrected chi connectivity index (χ0v) is 11.2. The Morgan fingerprint density at radius 1 is 1.47 bits per heavy atom. The summed E-state index contributed by atoms with van der Waals surface area (Å²) < 4.78 is 0.885. The minimum absolute atomic E-state index is 0.125. The van der Waals surface area contributed by atoms with E-state index in [2.05, 4.69) is 21.2 Å². The van der Waals surface area contributed by atoms with Crippen LogP contribution in [0.5, 0.6) is 0 Å². The molecular formula is C11H15BrClNO. The standard InChI is InChI=1S/C11H15BrClNO/c1-11(2,7-15)6-14-8-3-4-9(12)10(13)5-8/h3-5,14-15H,6-7H2,1-2H3. The Balaban J connectivity index is 2.62. The number of rotatable bonds is 4. The van der Waals surface area contributed by atoms with E-state index in [0.717, 1.165) is 10.2 Å². The van der Waals surface area contributed by atoms with Gasteiger partial charge in [0.05, 0.1) is 5.02 Å². The van der Waals surface area contributed by atoms with Crippen LogP contribution in [0.15, 0.2) is 22.7 Å². The van der Waals surface area contributed by atoms with Crippen LogP contribution in [0.3, 0.4) is 0 Å². The first-order valence-electron chi connectivity index (χ1n) is 4.74. The van der Waals surface area contributed by atoms with E-state index in [1.54, 1.807) is 0 Å². The number of aliphatic hydroxyl groups is 1. The minimum Gasteiger partial charge on any atom is -0.396 e. The summed E-state index contributed by atoms with van der Waals surface area (Å²) in [5.41, 5.74) is 0.837. The van der Waals surface area contributed by atoms with E-state index in [9.17, 15) is 0 Å². The molecule has 84 valence electrons. The van der Waals surface area contributed by atoms with Crippen LogP contribution in [-0.4, -0.2) is 18.3 Å². The molecule has 0 aliphatic carbocycles. The van der Waals surface area contributed by atoms with Crippen molar-refractivity contribution in [3.63, 3.8) is 0 Å². The topological polar surface area (TPSA) is 32.3 Å². The summed E-state index contributed by atoms with van der Waals surface area (Å²) in [4.78, 5) is 0. The number of anilines is 1. The minimum atomic E-state index is -0.125. The Bertz CT molecular complexity index is 341. The van der Waals surface area contributed by atoms with Gasteiger partial charge in [-0.15, -0.1) is 0 Å². The van der Waals surface area contributed by atoms with Crippen LogP contribution in [0.2, 0.25) is 5.02 Å². The molecule has 0 amide bonds. The average molecular weight is 293 g/mol. The zero-order valence-electron chi connectivity index (χ0n) is 8.85. The number of halogens is 2. The van der Waals surface area contributed by atoms with Crippen LogP contribution in [0.25, 0.3) is 0 Å². The highest BCUT2D eigenvalue weighted by molar-refractivity contribution is 9.10. The molecule has 15 heavy (non-hydrogen) atoms. The van der Waals surface area contributed by atoms with E-state index < -0.39 is 0 Å². The van der Waals surface area contributed by atoms with Crippen molar-refractivity contribution in [2.24, 2.45) is 5.41 Å². The molecule has 0 fully saturated rings. The Labute approximate surface area is 104 Å². The van der Waals surface area contributed by atoms with Gasteiger partial charge in [0.15, 0.2) is 0 Å². The summed E-state index contributed by atoms with van der Waals surface area (Å²) in [6, 6.07) is 5.71. The van der Waals surface area contributed by atoms with Crippen LogP contribution >= 0.6 is 27.5 Å². The molecule has 0 aliphatic heterocycles. The fraction of sp³-hybridized carbons (Fsp3) is 0.455. The summed E-state index contributed by atoms with van der Waals surface area (Å²) in [7, 11) is 0. The fourth-order valence-corrected chi connectivity index (χ4v) is 1.43. The number of benzene rings is 1. The van der Waals surface area contributed by atoms with Gasteiger partial charge in [0.1, 0.15) is 0 Å². The van der Waals surface area contributed by atoms with Crippen molar-refractivity contribution in [1.82, 2.24) is 0 Å². The molecule has 0 saturated carbocycles. The highest BCUT2D eigenvalue weighted by atomic mass is 79.9. The lowest BCUT2D eigenvalue weighted by Crippen LogP contribution is -2.26. The lowest BCUT2D eigenvalue weighted by molar-refractivity contribution is 0.171. The van der Waals surface area contributed by atoms with Crippen molar-refractivity contribution in [2.75, 3.05) is 18.5 Å². The molecule has 0 atom stereocenters. The second-order valence-corrected chi connectivity index (χ2v) is 5.57. The molecule has 4 heteroatoms. The maximum Gasteiger partial charge on any atom is 0.0568 e. The van der Waals surface area contributed by atoms with Crippen molar-refractivity contribution >= 4 is 33.2 Å².